The van der Waals surface area contributed by atoms with Gasteiger partial charge in [-0.05, 0) is 49.9 Å². The SMILES string of the molecule is CNC(C)c1cc(F)ccc1OCc1ccc(Cl)cc1. The van der Waals surface area contributed by atoms with Crippen LogP contribution in [0.25, 0.3) is 0 Å². The predicted molar refractivity (Wildman–Crippen MR) is 79.7 cm³/mol. The van der Waals surface area contributed by atoms with Crippen LogP contribution >= 0.6 is 11.6 Å². The van der Waals surface area contributed by atoms with Crippen molar-refractivity contribution in [2.45, 2.75) is 19.6 Å². The maximum atomic E-state index is 13.4. The molecule has 0 saturated heterocycles. The lowest BCUT2D eigenvalue weighted by Crippen LogP contribution is -2.14. The number of nitrogens with one attached hydrogen (secondary N) is 1. The second-order valence-corrected chi connectivity index (χ2v) is 5.04. The molecule has 1 atom stereocenters. The van der Waals surface area contributed by atoms with Crippen molar-refractivity contribution in [2.24, 2.45) is 0 Å². The number of ether oxygens (including phenoxy) is 1. The van der Waals surface area contributed by atoms with Gasteiger partial charge in [0.1, 0.15) is 18.2 Å². The van der Waals surface area contributed by atoms with Gasteiger partial charge >= 0.3 is 0 Å². The van der Waals surface area contributed by atoms with Gasteiger partial charge in [-0.1, -0.05) is 23.7 Å². The summed E-state index contributed by atoms with van der Waals surface area (Å²) in [7, 11) is 1.83. The Labute approximate surface area is 123 Å². The predicted octanol–water partition coefficient (Wildman–Crippen LogP) is 4.34. The monoisotopic (exact) mass is 293 g/mol. The smallest absolute Gasteiger partial charge is 0.124 e. The van der Waals surface area contributed by atoms with Crippen LogP contribution in [0.4, 0.5) is 4.39 Å². The van der Waals surface area contributed by atoms with Crippen molar-refractivity contribution in [1.29, 1.82) is 0 Å². The molecule has 0 amide bonds. The minimum Gasteiger partial charge on any atom is -0.489 e. The van der Waals surface area contributed by atoms with Gasteiger partial charge in [0.05, 0.1) is 0 Å². The molecule has 2 rings (SSSR count). The molecule has 2 aromatic carbocycles. The van der Waals surface area contributed by atoms with Crippen LogP contribution in [-0.4, -0.2) is 7.05 Å². The molecule has 0 heterocycles. The summed E-state index contributed by atoms with van der Waals surface area (Å²) in [6.45, 7) is 2.39. The quantitative estimate of drug-likeness (QED) is 0.885. The molecule has 0 fully saturated rings. The summed E-state index contributed by atoms with van der Waals surface area (Å²) in [5.74, 6) is 0.421. The summed E-state index contributed by atoms with van der Waals surface area (Å²) < 4.78 is 19.1. The lowest BCUT2D eigenvalue weighted by atomic mass is 10.1. The lowest BCUT2D eigenvalue weighted by Gasteiger charge is -2.16. The molecule has 20 heavy (non-hydrogen) atoms. The molecule has 106 valence electrons. The Balaban J connectivity index is 2.14. The van der Waals surface area contributed by atoms with Crippen LogP contribution in [0.15, 0.2) is 42.5 Å². The average molecular weight is 294 g/mol. The molecule has 0 aliphatic heterocycles. The highest BCUT2D eigenvalue weighted by atomic mass is 35.5. The molecule has 0 spiro atoms. The fraction of sp³-hybridized carbons (Fsp3) is 0.250. The highest BCUT2D eigenvalue weighted by Crippen LogP contribution is 2.26. The Morgan fingerprint density at radius 2 is 1.90 bits per heavy atom. The normalized spacial score (nSPS) is 12.2. The van der Waals surface area contributed by atoms with E-state index in [1.165, 1.54) is 12.1 Å². The molecule has 2 aromatic rings. The van der Waals surface area contributed by atoms with Gasteiger partial charge in [0, 0.05) is 16.6 Å². The fourth-order valence-corrected chi connectivity index (χ4v) is 2.01. The van der Waals surface area contributed by atoms with Gasteiger partial charge in [0.15, 0.2) is 0 Å². The maximum Gasteiger partial charge on any atom is 0.124 e. The Morgan fingerprint density at radius 3 is 2.55 bits per heavy atom. The van der Waals surface area contributed by atoms with E-state index in [0.29, 0.717) is 17.4 Å². The van der Waals surface area contributed by atoms with E-state index in [4.69, 9.17) is 16.3 Å². The zero-order valence-electron chi connectivity index (χ0n) is 11.5. The lowest BCUT2D eigenvalue weighted by molar-refractivity contribution is 0.299. The Bertz CT molecular complexity index is 571. The first-order valence-electron chi connectivity index (χ1n) is 6.44. The molecule has 0 aliphatic carbocycles. The molecule has 2 nitrogen and oxygen atoms in total. The molecule has 0 aliphatic rings. The van der Waals surface area contributed by atoms with Gasteiger partial charge in [-0.25, -0.2) is 4.39 Å². The summed E-state index contributed by atoms with van der Waals surface area (Å²) >= 11 is 5.84. The molecule has 1 N–H and O–H groups in total. The average Bonchev–Trinajstić information content (AvgIpc) is 2.46. The summed E-state index contributed by atoms with van der Waals surface area (Å²) in [6.07, 6.45) is 0. The number of halogens is 2. The summed E-state index contributed by atoms with van der Waals surface area (Å²) in [5, 5.41) is 3.78. The van der Waals surface area contributed by atoms with Crippen LogP contribution in [0.5, 0.6) is 5.75 Å². The third-order valence-corrected chi connectivity index (χ3v) is 3.43. The first-order valence-corrected chi connectivity index (χ1v) is 6.82. The zero-order chi connectivity index (χ0) is 14.5. The number of benzene rings is 2. The second-order valence-electron chi connectivity index (χ2n) is 4.61. The van der Waals surface area contributed by atoms with Gasteiger partial charge in [0.2, 0.25) is 0 Å². The van der Waals surface area contributed by atoms with Gasteiger partial charge in [-0.15, -0.1) is 0 Å². The van der Waals surface area contributed by atoms with Crippen molar-refractivity contribution in [1.82, 2.24) is 5.32 Å². The largest absolute Gasteiger partial charge is 0.489 e. The third-order valence-electron chi connectivity index (χ3n) is 3.18. The first kappa shape index (κ1) is 14.8. The van der Waals surface area contributed by atoms with E-state index in [1.807, 2.05) is 38.2 Å². The Morgan fingerprint density at radius 1 is 1.20 bits per heavy atom. The number of hydrogen-bond acceptors (Lipinski definition) is 2. The minimum absolute atomic E-state index is 0.0194. The molecule has 4 heteroatoms. The van der Waals surface area contributed by atoms with E-state index in [1.54, 1.807) is 6.07 Å². The van der Waals surface area contributed by atoms with E-state index in [2.05, 4.69) is 5.32 Å². The Kier molecular flexibility index (Phi) is 4.99. The topological polar surface area (TPSA) is 21.3 Å². The highest BCUT2D eigenvalue weighted by molar-refractivity contribution is 6.30. The second kappa shape index (κ2) is 6.73. The maximum absolute atomic E-state index is 13.4. The van der Waals surface area contributed by atoms with Gasteiger partial charge < -0.3 is 10.1 Å². The molecule has 0 radical (unpaired) electrons. The van der Waals surface area contributed by atoms with Crippen LogP contribution in [0.2, 0.25) is 5.02 Å². The number of hydrogen-bond donors (Lipinski definition) is 1. The molecule has 1 unspecified atom stereocenters. The minimum atomic E-state index is -0.263. The summed E-state index contributed by atoms with van der Waals surface area (Å²) in [4.78, 5) is 0. The first-order chi connectivity index (χ1) is 9.60. The van der Waals surface area contributed by atoms with Crippen molar-refractivity contribution in [2.75, 3.05) is 7.05 Å². The molecule has 0 aromatic heterocycles. The van der Waals surface area contributed by atoms with E-state index in [9.17, 15) is 4.39 Å². The summed E-state index contributed by atoms with van der Waals surface area (Å²) in [6, 6.07) is 12.0. The standard InChI is InChI=1S/C16H17ClFNO/c1-11(19-2)15-9-14(18)7-8-16(15)20-10-12-3-5-13(17)6-4-12/h3-9,11,19H,10H2,1-2H3. The zero-order valence-corrected chi connectivity index (χ0v) is 12.2. The molecule has 0 saturated carbocycles. The highest BCUT2D eigenvalue weighted by Gasteiger charge is 2.11. The van der Waals surface area contributed by atoms with E-state index >= 15 is 0 Å². The van der Waals surface area contributed by atoms with Crippen LogP contribution in [0, 0.1) is 5.82 Å². The van der Waals surface area contributed by atoms with E-state index in [-0.39, 0.29) is 11.9 Å². The van der Waals surface area contributed by atoms with Gasteiger partial charge in [0.25, 0.3) is 0 Å². The third kappa shape index (κ3) is 3.71. The Hall–Kier alpha value is -1.58. The van der Waals surface area contributed by atoms with Gasteiger partial charge in [-0.3, -0.25) is 0 Å². The van der Waals surface area contributed by atoms with Crippen LogP contribution in [-0.2, 0) is 6.61 Å². The van der Waals surface area contributed by atoms with Gasteiger partial charge in [-0.2, -0.15) is 0 Å². The van der Waals surface area contributed by atoms with Crippen molar-refractivity contribution < 1.29 is 9.13 Å². The van der Waals surface area contributed by atoms with E-state index in [0.717, 1.165) is 11.1 Å². The summed E-state index contributed by atoms with van der Waals surface area (Å²) in [5.41, 5.74) is 1.82. The van der Waals surface area contributed by atoms with Crippen molar-refractivity contribution in [3.8, 4) is 5.75 Å². The fourth-order valence-electron chi connectivity index (χ4n) is 1.89. The van der Waals surface area contributed by atoms with Crippen LogP contribution < -0.4 is 10.1 Å². The molecular weight excluding hydrogens is 277 g/mol. The van der Waals surface area contributed by atoms with Crippen molar-refractivity contribution in [3.63, 3.8) is 0 Å². The van der Waals surface area contributed by atoms with Crippen LogP contribution in [0.3, 0.4) is 0 Å². The van der Waals surface area contributed by atoms with Crippen molar-refractivity contribution in [3.05, 3.63) is 64.4 Å². The molecular formula is C16H17ClFNO. The van der Waals surface area contributed by atoms with E-state index < -0.39 is 0 Å². The number of rotatable bonds is 5. The van der Waals surface area contributed by atoms with Crippen LogP contribution in [0.1, 0.15) is 24.1 Å². The molecule has 0 bridgehead atoms. The van der Waals surface area contributed by atoms with Crippen molar-refractivity contribution >= 4 is 11.6 Å².